The molecule has 0 fully saturated rings. The van der Waals surface area contributed by atoms with Crippen molar-refractivity contribution in [3.63, 3.8) is 0 Å². The lowest BCUT2D eigenvalue weighted by molar-refractivity contribution is -0.136. The highest BCUT2D eigenvalue weighted by molar-refractivity contribution is 5.79. The Balaban J connectivity index is 1.38. The van der Waals surface area contributed by atoms with Gasteiger partial charge in [0, 0.05) is 43.4 Å². The van der Waals surface area contributed by atoms with Crippen molar-refractivity contribution in [3.8, 4) is 5.75 Å². The first-order chi connectivity index (χ1) is 18.7. The van der Waals surface area contributed by atoms with Crippen molar-refractivity contribution in [2.75, 3.05) is 52.8 Å². The SMILES string of the molecule is CCc1cccc(CCOc2ccc3c(c2)CN(CCOCCOCCOCCC(C)(C)C)C(=O)[C@H](C)C3)n1. The summed E-state index contributed by atoms with van der Waals surface area (Å²) >= 11 is 0. The normalized spacial score (nSPS) is 15.8. The van der Waals surface area contributed by atoms with E-state index in [1.807, 2.05) is 24.0 Å². The van der Waals surface area contributed by atoms with E-state index in [2.05, 4.69) is 56.9 Å². The number of hydrogen-bond donors (Lipinski definition) is 0. The largest absolute Gasteiger partial charge is 0.493 e. The van der Waals surface area contributed by atoms with E-state index in [1.165, 1.54) is 5.56 Å². The third-order valence-electron chi connectivity index (χ3n) is 6.90. The number of carbonyl (C=O) groups is 1. The Morgan fingerprint density at radius 1 is 0.897 bits per heavy atom. The van der Waals surface area contributed by atoms with Crippen molar-refractivity contribution < 1.29 is 23.7 Å². The average molecular weight is 541 g/mol. The molecule has 1 atom stereocenters. The minimum atomic E-state index is -0.0587. The summed E-state index contributed by atoms with van der Waals surface area (Å²) in [6.07, 6.45) is 3.47. The Labute approximate surface area is 235 Å². The van der Waals surface area contributed by atoms with Gasteiger partial charge in [0.2, 0.25) is 5.91 Å². The van der Waals surface area contributed by atoms with Crippen LogP contribution >= 0.6 is 0 Å². The van der Waals surface area contributed by atoms with Gasteiger partial charge < -0.3 is 23.8 Å². The summed E-state index contributed by atoms with van der Waals surface area (Å²) in [4.78, 5) is 19.6. The van der Waals surface area contributed by atoms with Crippen LogP contribution in [-0.4, -0.2) is 68.6 Å². The van der Waals surface area contributed by atoms with Crippen molar-refractivity contribution in [2.24, 2.45) is 11.3 Å². The minimum absolute atomic E-state index is 0.0587. The fraction of sp³-hybridized carbons (Fsp3) is 0.625. The molecule has 0 aliphatic carbocycles. The third-order valence-corrected chi connectivity index (χ3v) is 6.90. The first-order valence-corrected chi connectivity index (χ1v) is 14.5. The van der Waals surface area contributed by atoms with Crippen LogP contribution in [0.15, 0.2) is 36.4 Å². The van der Waals surface area contributed by atoms with Crippen LogP contribution in [0.1, 0.15) is 63.6 Å². The second-order valence-corrected chi connectivity index (χ2v) is 11.5. The van der Waals surface area contributed by atoms with Gasteiger partial charge in [0.1, 0.15) is 5.75 Å². The lowest BCUT2D eigenvalue weighted by Crippen LogP contribution is -2.36. The van der Waals surface area contributed by atoms with E-state index in [0.717, 1.165) is 55.0 Å². The molecule has 1 aromatic heterocycles. The molecule has 7 heteroatoms. The maximum Gasteiger partial charge on any atom is 0.226 e. The van der Waals surface area contributed by atoms with Gasteiger partial charge in [-0.05, 0) is 60.1 Å². The van der Waals surface area contributed by atoms with Crippen LogP contribution in [0.3, 0.4) is 0 Å². The summed E-state index contributed by atoms with van der Waals surface area (Å²) in [6, 6.07) is 12.4. The molecule has 0 saturated heterocycles. The molecule has 1 amide bonds. The molecule has 1 aliphatic rings. The minimum Gasteiger partial charge on any atom is -0.493 e. The van der Waals surface area contributed by atoms with Crippen molar-refractivity contribution in [1.82, 2.24) is 9.88 Å². The molecule has 1 aliphatic heterocycles. The summed E-state index contributed by atoms with van der Waals surface area (Å²) in [7, 11) is 0. The predicted octanol–water partition coefficient (Wildman–Crippen LogP) is 5.27. The molecule has 0 unspecified atom stereocenters. The van der Waals surface area contributed by atoms with Gasteiger partial charge in [0.25, 0.3) is 0 Å². The molecule has 0 N–H and O–H groups in total. The van der Waals surface area contributed by atoms with Crippen molar-refractivity contribution in [1.29, 1.82) is 0 Å². The number of hydrogen-bond acceptors (Lipinski definition) is 6. The maximum absolute atomic E-state index is 13.0. The van der Waals surface area contributed by atoms with Gasteiger partial charge in [0.15, 0.2) is 0 Å². The standard InChI is InChI=1S/C32H48N2O5/c1-6-28-8-7-9-29(33-28)12-15-39-30-11-10-26-22-25(2)31(35)34(24-27(26)23-30)14-17-37-19-21-38-20-18-36-16-13-32(3,4)5/h7-11,23,25H,6,12-22,24H2,1-5H3/t25-/m1/s1. The Kier molecular flexibility index (Phi) is 12.7. The van der Waals surface area contributed by atoms with Crippen LogP contribution in [0.2, 0.25) is 0 Å². The lowest BCUT2D eigenvalue weighted by Gasteiger charge is -2.23. The number of benzene rings is 1. The fourth-order valence-corrected chi connectivity index (χ4v) is 4.47. The van der Waals surface area contributed by atoms with Crippen LogP contribution in [0.25, 0.3) is 0 Å². The van der Waals surface area contributed by atoms with E-state index >= 15 is 0 Å². The van der Waals surface area contributed by atoms with Gasteiger partial charge >= 0.3 is 0 Å². The number of rotatable bonds is 16. The van der Waals surface area contributed by atoms with Crippen LogP contribution in [0.4, 0.5) is 0 Å². The zero-order chi connectivity index (χ0) is 28.1. The zero-order valence-corrected chi connectivity index (χ0v) is 24.7. The van der Waals surface area contributed by atoms with E-state index in [1.54, 1.807) is 0 Å². The van der Waals surface area contributed by atoms with Crippen molar-refractivity contribution in [3.05, 3.63) is 58.9 Å². The van der Waals surface area contributed by atoms with Gasteiger partial charge in [-0.25, -0.2) is 0 Å². The van der Waals surface area contributed by atoms with Gasteiger partial charge in [-0.15, -0.1) is 0 Å². The molecular weight excluding hydrogens is 492 g/mol. The molecule has 3 rings (SSSR count). The van der Waals surface area contributed by atoms with Gasteiger partial charge in [0.05, 0.1) is 39.6 Å². The molecule has 2 aromatic rings. The Morgan fingerprint density at radius 3 is 2.31 bits per heavy atom. The highest BCUT2D eigenvalue weighted by Crippen LogP contribution is 2.26. The summed E-state index contributed by atoms with van der Waals surface area (Å²) in [5.41, 5.74) is 4.79. The van der Waals surface area contributed by atoms with Crippen LogP contribution < -0.4 is 4.74 Å². The molecule has 0 spiro atoms. The first kappa shape index (κ1) is 31.1. The first-order valence-electron chi connectivity index (χ1n) is 14.5. The number of ether oxygens (including phenoxy) is 4. The summed E-state index contributed by atoms with van der Waals surface area (Å²) in [5, 5.41) is 0. The van der Waals surface area contributed by atoms with Crippen molar-refractivity contribution >= 4 is 5.91 Å². The highest BCUT2D eigenvalue weighted by atomic mass is 16.5. The van der Waals surface area contributed by atoms with Crippen LogP contribution in [-0.2, 0) is 44.8 Å². The number of aromatic nitrogens is 1. The summed E-state index contributed by atoms with van der Waals surface area (Å²) in [6.45, 7) is 15.9. The monoisotopic (exact) mass is 540 g/mol. The molecule has 216 valence electrons. The number of carbonyl (C=O) groups excluding carboxylic acids is 1. The summed E-state index contributed by atoms with van der Waals surface area (Å²) in [5.74, 6) is 0.942. The van der Waals surface area contributed by atoms with Gasteiger partial charge in [-0.1, -0.05) is 46.8 Å². The molecule has 2 heterocycles. The Morgan fingerprint density at radius 2 is 1.59 bits per heavy atom. The van der Waals surface area contributed by atoms with Crippen LogP contribution in [0.5, 0.6) is 5.75 Å². The molecular formula is C32H48N2O5. The second kappa shape index (κ2) is 15.9. The molecule has 0 saturated carbocycles. The number of nitrogens with zero attached hydrogens (tertiary/aromatic N) is 2. The highest BCUT2D eigenvalue weighted by Gasteiger charge is 2.26. The number of amides is 1. The predicted molar refractivity (Wildman–Crippen MR) is 154 cm³/mol. The number of fused-ring (bicyclic) bond motifs is 1. The molecule has 0 radical (unpaired) electrons. The quantitative estimate of drug-likeness (QED) is 0.270. The number of pyridine rings is 1. The Bertz CT molecular complexity index is 1020. The smallest absolute Gasteiger partial charge is 0.226 e. The molecule has 39 heavy (non-hydrogen) atoms. The van der Waals surface area contributed by atoms with Crippen molar-refractivity contribution in [2.45, 2.75) is 66.8 Å². The van der Waals surface area contributed by atoms with Gasteiger partial charge in [-0.2, -0.15) is 0 Å². The third kappa shape index (κ3) is 11.3. The van der Waals surface area contributed by atoms with E-state index < -0.39 is 0 Å². The molecule has 1 aromatic carbocycles. The topological polar surface area (TPSA) is 70.1 Å². The van der Waals surface area contributed by atoms with E-state index in [-0.39, 0.29) is 11.8 Å². The number of aryl methyl sites for hydroxylation is 1. The van der Waals surface area contributed by atoms with Gasteiger partial charge in [-0.3, -0.25) is 9.78 Å². The van der Waals surface area contributed by atoms with E-state index in [4.69, 9.17) is 18.9 Å². The molecule has 7 nitrogen and oxygen atoms in total. The van der Waals surface area contributed by atoms with E-state index in [9.17, 15) is 4.79 Å². The van der Waals surface area contributed by atoms with E-state index in [0.29, 0.717) is 58.1 Å². The fourth-order valence-electron chi connectivity index (χ4n) is 4.47. The van der Waals surface area contributed by atoms with Crippen LogP contribution in [0, 0.1) is 11.3 Å². The second-order valence-electron chi connectivity index (χ2n) is 11.5. The lowest BCUT2D eigenvalue weighted by atomic mass is 9.93. The maximum atomic E-state index is 13.0. The Hall–Kier alpha value is -2.48. The summed E-state index contributed by atoms with van der Waals surface area (Å²) < 4.78 is 23.1. The zero-order valence-electron chi connectivity index (χ0n) is 24.7. The molecule has 0 bridgehead atoms. The average Bonchev–Trinajstić information content (AvgIpc) is 3.02.